The van der Waals surface area contributed by atoms with Crippen LogP contribution in [-0.4, -0.2) is 30.6 Å². The first-order valence-electron chi connectivity index (χ1n) is 8.26. The van der Waals surface area contributed by atoms with E-state index in [0.29, 0.717) is 10.8 Å². The predicted octanol–water partition coefficient (Wildman–Crippen LogP) is 3.33. The molecule has 0 saturated heterocycles. The Bertz CT molecular complexity index is 588. The number of hydrogen-bond donors (Lipinski definition) is 1. The van der Waals surface area contributed by atoms with Gasteiger partial charge in [0.2, 0.25) is 0 Å². The number of aryl methyl sites for hydroxylation is 2. The molecule has 1 amide bonds. The maximum Gasteiger partial charge on any atom is 0.344 e. The zero-order chi connectivity index (χ0) is 17.7. The number of ether oxygens (including phenoxy) is 2. The summed E-state index contributed by atoms with van der Waals surface area (Å²) in [7, 11) is 0. The molecule has 0 aromatic heterocycles. The first kappa shape index (κ1) is 18.6. The van der Waals surface area contributed by atoms with Crippen LogP contribution in [0.4, 0.5) is 0 Å². The number of rotatable bonds is 6. The van der Waals surface area contributed by atoms with Crippen LogP contribution in [0.3, 0.4) is 0 Å². The fourth-order valence-electron chi connectivity index (χ4n) is 2.93. The fraction of sp³-hybridized carbons (Fsp3) is 0.556. The first-order valence-corrected chi connectivity index (χ1v) is 8.64. The van der Waals surface area contributed by atoms with Crippen molar-refractivity contribution in [1.82, 2.24) is 5.32 Å². The predicted molar refractivity (Wildman–Crippen MR) is 92.4 cm³/mol. The van der Waals surface area contributed by atoms with Crippen LogP contribution in [0.5, 0.6) is 5.75 Å². The number of nitrogens with one attached hydrogen (secondary N) is 1. The summed E-state index contributed by atoms with van der Waals surface area (Å²) in [6.07, 6.45) is 3.42. The summed E-state index contributed by atoms with van der Waals surface area (Å²) in [4.78, 5) is 23.9. The topological polar surface area (TPSA) is 64.6 Å². The van der Waals surface area contributed by atoms with Crippen LogP contribution >= 0.6 is 11.6 Å². The van der Waals surface area contributed by atoms with Gasteiger partial charge in [0.15, 0.2) is 12.7 Å². The number of carbonyl (C=O) groups is 2. The lowest BCUT2D eigenvalue weighted by Crippen LogP contribution is -2.41. The maximum atomic E-state index is 12.0. The van der Waals surface area contributed by atoms with Crippen LogP contribution < -0.4 is 10.1 Å². The van der Waals surface area contributed by atoms with E-state index in [1.807, 2.05) is 13.8 Å². The lowest BCUT2D eigenvalue weighted by atomic mass is 10.1. The normalized spacial score (nSPS) is 15.8. The van der Waals surface area contributed by atoms with Crippen molar-refractivity contribution in [1.29, 1.82) is 0 Å². The molecule has 0 unspecified atom stereocenters. The third-order valence-electron chi connectivity index (χ3n) is 4.14. The molecule has 24 heavy (non-hydrogen) atoms. The minimum absolute atomic E-state index is 0.203. The van der Waals surface area contributed by atoms with E-state index in [9.17, 15) is 9.59 Å². The smallest absolute Gasteiger partial charge is 0.344 e. The Hall–Kier alpha value is -1.75. The quantitative estimate of drug-likeness (QED) is 0.797. The second-order valence-corrected chi connectivity index (χ2v) is 6.72. The number of benzene rings is 1. The molecule has 2 rings (SSSR count). The van der Waals surface area contributed by atoms with Crippen molar-refractivity contribution in [3.63, 3.8) is 0 Å². The average molecular weight is 354 g/mol. The summed E-state index contributed by atoms with van der Waals surface area (Å²) in [6, 6.07) is 3.74. The molecule has 1 atom stereocenters. The highest BCUT2D eigenvalue weighted by Gasteiger charge is 2.23. The Balaban J connectivity index is 1.81. The summed E-state index contributed by atoms with van der Waals surface area (Å²) in [6.45, 7) is 5.04. The second kappa shape index (κ2) is 8.38. The van der Waals surface area contributed by atoms with Crippen LogP contribution in [0.25, 0.3) is 0 Å². The summed E-state index contributed by atoms with van der Waals surface area (Å²) in [5, 5.41) is 3.53. The van der Waals surface area contributed by atoms with Crippen molar-refractivity contribution in [3.8, 4) is 5.75 Å². The van der Waals surface area contributed by atoms with Crippen molar-refractivity contribution >= 4 is 23.5 Å². The molecule has 0 heterocycles. The molecule has 1 aromatic carbocycles. The van der Waals surface area contributed by atoms with Gasteiger partial charge in [-0.1, -0.05) is 24.4 Å². The van der Waals surface area contributed by atoms with Crippen LogP contribution in [-0.2, 0) is 14.3 Å². The van der Waals surface area contributed by atoms with Crippen molar-refractivity contribution in [2.24, 2.45) is 0 Å². The standard InChI is InChI=1S/C18H24ClNO4/c1-11-8-14(19)9-12(2)17(11)23-10-16(21)24-13(3)18(22)20-15-6-4-5-7-15/h8-9,13,15H,4-7,10H2,1-3H3,(H,20,22)/t13-/m1/s1. The highest BCUT2D eigenvalue weighted by atomic mass is 35.5. The van der Waals surface area contributed by atoms with E-state index in [-0.39, 0.29) is 18.6 Å². The maximum absolute atomic E-state index is 12.0. The molecule has 0 bridgehead atoms. The van der Waals surface area contributed by atoms with Crippen LogP contribution in [0.15, 0.2) is 12.1 Å². The summed E-state index contributed by atoms with van der Waals surface area (Å²) in [5.74, 6) is -0.216. The number of halogens is 1. The Morgan fingerprint density at radius 3 is 2.42 bits per heavy atom. The molecule has 1 fully saturated rings. The molecule has 1 N–H and O–H groups in total. The minimum Gasteiger partial charge on any atom is -0.481 e. The first-order chi connectivity index (χ1) is 11.4. The molecule has 132 valence electrons. The van der Waals surface area contributed by atoms with Crippen LogP contribution in [0.1, 0.15) is 43.7 Å². The molecule has 6 heteroatoms. The second-order valence-electron chi connectivity index (χ2n) is 6.28. The largest absolute Gasteiger partial charge is 0.481 e. The van der Waals surface area contributed by atoms with Crippen molar-refractivity contribution in [2.45, 2.75) is 58.6 Å². The Morgan fingerprint density at radius 1 is 1.25 bits per heavy atom. The molecule has 1 aromatic rings. The highest BCUT2D eigenvalue weighted by Crippen LogP contribution is 2.27. The zero-order valence-corrected chi connectivity index (χ0v) is 15.1. The Kier molecular flexibility index (Phi) is 6.49. The molecule has 0 spiro atoms. The van der Waals surface area contributed by atoms with Gasteiger partial charge in [-0.15, -0.1) is 0 Å². The number of esters is 1. The number of hydrogen-bond acceptors (Lipinski definition) is 4. The molecule has 0 radical (unpaired) electrons. The van der Waals surface area contributed by atoms with Gasteiger partial charge in [-0.3, -0.25) is 4.79 Å². The molecular weight excluding hydrogens is 330 g/mol. The van der Waals surface area contributed by atoms with Gasteiger partial charge in [0.05, 0.1) is 0 Å². The third-order valence-corrected chi connectivity index (χ3v) is 4.36. The average Bonchev–Trinajstić information content (AvgIpc) is 2.98. The van der Waals surface area contributed by atoms with Gasteiger partial charge in [-0.2, -0.15) is 0 Å². The fourth-order valence-corrected chi connectivity index (χ4v) is 3.26. The van der Waals surface area contributed by atoms with E-state index >= 15 is 0 Å². The molecule has 5 nitrogen and oxygen atoms in total. The van der Waals surface area contributed by atoms with Crippen molar-refractivity contribution in [2.75, 3.05) is 6.61 Å². The van der Waals surface area contributed by atoms with Gasteiger partial charge in [0, 0.05) is 11.1 Å². The van der Waals surface area contributed by atoms with Gasteiger partial charge in [0.25, 0.3) is 5.91 Å². The van der Waals surface area contributed by atoms with E-state index in [1.165, 1.54) is 0 Å². The van der Waals surface area contributed by atoms with Gasteiger partial charge >= 0.3 is 5.97 Å². The summed E-state index contributed by atoms with van der Waals surface area (Å²) < 4.78 is 10.7. The minimum atomic E-state index is -0.825. The van der Waals surface area contributed by atoms with Crippen LogP contribution in [0.2, 0.25) is 5.02 Å². The monoisotopic (exact) mass is 353 g/mol. The van der Waals surface area contributed by atoms with E-state index in [4.69, 9.17) is 21.1 Å². The molecule has 1 aliphatic rings. The number of carbonyl (C=O) groups excluding carboxylic acids is 2. The SMILES string of the molecule is Cc1cc(Cl)cc(C)c1OCC(=O)O[C@H](C)C(=O)NC1CCCC1. The Labute approximate surface area is 147 Å². The van der Waals surface area contributed by atoms with Crippen molar-refractivity contribution < 1.29 is 19.1 Å². The lowest BCUT2D eigenvalue weighted by molar-refractivity contribution is -0.156. The third kappa shape index (κ3) is 5.13. The van der Waals surface area contributed by atoms with E-state index in [2.05, 4.69) is 5.32 Å². The van der Waals surface area contributed by atoms with E-state index in [1.54, 1.807) is 19.1 Å². The van der Waals surface area contributed by atoms with Gasteiger partial charge in [-0.05, 0) is 56.9 Å². The lowest BCUT2D eigenvalue weighted by Gasteiger charge is -2.17. The van der Waals surface area contributed by atoms with E-state index < -0.39 is 12.1 Å². The summed E-state index contributed by atoms with van der Waals surface area (Å²) in [5.41, 5.74) is 1.69. The molecule has 0 aliphatic heterocycles. The molecule has 1 aliphatic carbocycles. The Morgan fingerprint density at radius 2 is 1.83 bits per heavy atom. The van der Waals surface area contributed by atoms with Crippen LogP contribution in [0, 0.1) is 13.8 Å². The van der Waals surface area contributed by atoms with Gasteiger partial charge in [0.1, 0.15) is 5.75 Å². The highest BCUT2D eigenvalue weighted by molar-refractivity contribution is 6.30. The number of amides is 1. The van der Waals surface area contributed by atoms with E-state index in [0.717, 1.165) is 36.8 Å². The summed E-state index contributed by atoms with van der Waals surface area (Å²) >= 11 is 5.97. The van der Waals surface area contributed by atoms with Gasteiger partial charge in [-0.25, -0.2) is 4.79 Å². The molecular formula is C18H24ClNO4. The molecule has 1 saturated carbocycles. The van der Waals surface area contributed by atoms with Gasteiger partial charge < -0.3 is 14.8 Å². The zero-order valence-electron chi connectivity index (χ0n) is 14.4. The van der Waals surface area contributed by atoms with Crippen molar-refractivity contribution in [3.05, 3.63) is 28.3 Å².